The van der Waals surface area contributed by atoms with Crippen LogP contribution in [0.4, 0.5) is 11.4 Å². The minimum absolute atomic E-state index is 0.113. The quantitative estimate of drug-likeness (QED) is 0.739. The molecule has 0 saturated carbocycles. The standard InChI is InChI=1S/C18H21N3O4S/c1-13-7-8-15(20-18(22)16-12-19-9-10-25-16)11-17(13)26(23,24)21-14-5-3-2-4-6-14/h2-8,11,16,19,21H,9-10,12H2,1H3,(H,20,22)/t16-/m1/s1. The third kappa shape index (κ3) is 4.40. The van der Waals surface area contributed by atoms with Gasteiger partial charge in [-0.15, -0.1) is 0 Å². The number of carbonyl (C=O) groups excluding carboxylic acids is 1. The molecule has 1 aliphatic heterocycles. The third-order valence-corrected chi connectivity index (χ3v) is 5.51. The van der Waals surface area contributed by atoms with E-state index in [1.807, 2.05) is 0 Å². The molecule has 2 aromatic rings. The predicted molar refractivity (Wildman–Crippen MR) is 99.7 cm³/mol. The largest absolute Gasteiger partial charge is 0.366 e. The molecule has 2 aromatic carbocycles. The smallest absolute Gasteiger partial charge is 0.262 e. The Morgan fingerprint density at radius 2 is 1.92 bits per heavy atom. The first kappa shape index (κ1) is 18.4. The van der Waals surface area contributed by atoms with E-state index in [1.165, 1.54) is 6.07 Å². The molecule has 0 unspecified atom stereocenters. The van der Waals surface area contributed by atoms with Crippen molar-refractivity contribution >= 4 is 27.3 Å². The van der Waals surface area contributed by atoms with Crippen LogP contribution < -0.4 is 15.4 Å². The molecule has 3 N–H and O–H groups in total. The molecule has 0 aromatic heterocycles. The zero-order chi connectivity index (χ0) is 18.6. The van der Waals surface area contributed by atoms with E-state index < -0.39 is 16.1 Å². The van der Waals surface area contributed by atoms with E-state index in [-0.39, 0.29) is 10.8 Å². The van der Waals surface area contributed by atoms with Gasteiger partial charge in [-0.3, -0.25) is 9.52 Å². The Morgan fingerprint density at radius 1 is 1.15 bits per heavy atom. The fourth-order valence-corrected chi connectivity index (χ4v) is 3.97. The van der Waals surface area contributed by atoms with Gasteiger partial charge in [-0.1, -0.05) is 24.3 Å². The van der Waals surface area contributed by atoms with E-state index in [0.29, 0.717) is 36.6 Å². The summed E-state index contributed by atoms with van der Waals surface area (Å²) in [5.41, 5.74) is 1.47. The van der Waals surface area contributed by atoms with Crippen molar-refractivity contribution in [3.05, 3.63) is 54.1 Å². The van der Waals surface area contributed by atoms with E-state index in [9.17, 15) is 13.2 Å². The second-order valence-corrected chi connectivity index (χ2v) is 7.66. The van der Waals surface area contributed by atoms with Crippen LogP contribution in [0, 0.1) is 6.92 Å². The Balaban J connectivity index is 1.79. The predicted octanol–water partition coefficient (Wildman–Crippen LogP) is 1.72. The molecular formula is C18H21N3O4S. The number of rotatable bonds is 5. The van der Waals surface area contributed by atoms with Crippen molar-refractivity contribution in [2.75, 3.05) is 29.7 Å². The van der Waals surface area contributed by atoms with E-state index >= 15 is 0 Å². The maximum absolute atomic E-state index is 12.7. The highest BCUT2D eigenvalue weighted by Crippen LogP contribution is 2.23. The monoisotopic (exact) mass is 375 g/mol. The summed E-state index contributed by atoms with van der Waals surface area (Å²) in [5.74, 6) is -0.305. The molecule has 7 nitrogen and oxygen atoms in total. The summed E-state index contributed by atoms with van der Waals surface area (Å²) in [6, 6.07) is 13.4. The molecule has 26 heavy (non-hydrogen) atoms. The number of benzene rings is 2. The van der Waals surface area contributed by atoms with Crippen LogP contribution in [0.15, 0.2) is 53.4 Å². The number of nitrogens with one attached hydrogen (secondary N) is 3. The van der Waals surface area contributed by atoms with Crippen molar-refractivity contribution < 1.29 is 17.9 Å². The zero-order valence-electron chi connectivity index (χ0n) is 14.4. The lowest BCUT2D eigenvalue weighted by atomic mass is 10.2. The lowest BCUT2D eigenvalue weighted by molar-refractivity contribution is -0.128. The molecule has 1 atom stereocenters. The maximum Gasteiger partial charge on any atom is 0.262 e. The minimum Gasteiger partial charge on any atom is -0.366 e. The average molecular weight is 375 g/mol. The average Bonchev–Trinajstić information content (AvgIpc) is 2.64. The van der Waals surface area contributed by atoms with Gasteiger partial charge in [0.25, 0.3) is 15.9 Å². The number of aryl methyl sites for hydroxylation is 1. The second-order valence-electron chi connectivity index (χ2n) is 6.00. The van der Waals surface area contributed by atoms with Gasteiger partial charge in [0, 0.05) is 24.5 Å². The van der Waals surface area contributed by atoms with Gasteiger partial charge in [-0.2, -0.15) is 0 Å². The van der Waals surface area contributed by atoms with Crippen LogP contribution in [0.25, 0.3) is 0 Å². The molecule has 3 rings (SSSR count). The number of sulfonamides is 1. The molecule has 8 heteroatoms. The van der Waals surface area contributed by atoms with Crippen LogP contribution in [0.5, 0.6) is 0 Å². The van der Waals surface area contributed by atoms with E-state index in [1.54, 1.807) is 49.4 Å². The van der Waals surface area contributed by atoms with Crippen LogP contribution in [-0.2, 0) is 19.6 Å². The molecule has 138 valence electrons. The van der Waals surface area contributed by atoms with E-state index in [2.05, 4.69) is 15.4 Å². The van der Waals surface area contributed by atoms with Crippen LogP contribution in [0.2, 0.25) is 0 Å². The summed E-state index contributed by atoms with van der Waals surface area (Å²) in [6.45, 7) is 3.31. The number of amides is 1. The molecule has 0 spiro atoms. The maximum atomic E-state index is 12.7. The Labute approximate surface area is 152 Å². The molecule has 0 radical (unpaired) electrons. The van der Waals surface area contributed by atoms with Crippen molar-refractivity contribution in [1.82, 2.24) is 5.32 Å². The first-order valence-corrected chi connectivity index (χ1v) is 9.76. The molecule has 1 fully saturated rings. The van der Waals surface area contributed by atoms with Crippen molar-refractivity contribution in [1.29, 1.82) is 0 Å². The van der Waals surface area contributed by atoms with Gasteiger partial charge in [-0.25, -0.2) is 8.42 Å². The number of carbonyl (C=O) groups is 1. The number of morpholine rings is 1. The van der Waals surface area contributed by atoms with Gasteiger partial charge in [0.1, 0.15) is 6.10 Å². The summed E-state index contributed by atoms with van der Waals surface area (Å²) in [6.07, 6.45) is -0.590. The second kappa shape index (κ2) is 7.86. The number of para-hydroxylation sites is 1. The molecule has 1 saturated heterocycles. The van der Waals surface area contributed by atoms with Crippen molar-refractivity contribution in [2.45, 2.75) is 17.9 Å². The Hall–Kier alpha value is -2.42. The molecule has 1 heterocycles. The van der Waals surface area contributed by atoms with Crippen LogP contribution in [-0.4, -0.2) is 40.1 Å². The fourth-order valence-electron chi connectivity index (χ4n) is 2.64. The highest BCUT2D eigenvalue weighted by molar-refractivity contribution is 7.92. The van der Waals surface area contributed by atoms with Crippen LogP contribution in [0.1, 0.15) is 5.56 Å². The van der Waals surface area contributed by atoms with Gasteiger partial charge in [0.05, 0.1) is 11.5 Å². The molecule has 0 aliphatic carbocycles. The number of ether oxygens (including phenoxy) is 1. The lowest BCUT2D eigenvalue weighted by Gasteiger charge is -2.23. The summed E-state index contributed by atoms with van der Waals surface area (Å²) < 4.78 is 33.4. The van der Waals surface area contributed by atoms with Crippen molar-refractivity contribution in [2.24, 2.45) is 0 Å². The van der Waals surface area contributed by atoms with Gasteiger partial charge in [-0.05, 0) is 36.8 Å². The highest BCUT2D eigenvalue weighted by Gasteiger charge is 2.23. The minimum atomic E-state index is -3.77. The summed E-state index contributed by atoms with van der Waals surface area (Å²) in [5, 5.41) is 5.80. The number of anilines is 2. The van der Waals surface area contributed by atoms with Crippen molar-refractivity contribution in [3.8, 4) is 0 Å². The SMILES string of the molecule is Cc1ccc(NC(=O)[C@H]2CNCCO2)cc1S(=O)(=O)Nc1ccccc1. The van der Waals surface area contributed by atoms with Crippen molar-refractivity contribution in [3.63, 3.8) is 0 Å². The van der Waals surface area contributed by atoms with Gasteiger partial charge in [0.15, 0.2) is 0 Å². The molecule has 1 amide bonds. The normalized spacial score (nSPS) is 17.5. The van der Waals surface area contributed by atoms with Crippen LogP contribution >= 0.6 is 0 Å². The fraction of sp³-hybridized carbons (Fsp3) is 0.278. The lowest BCUT2D eigenvalue weighted by Crippen LogP contribution is -2.45. The van der Waals surface area contributed by atoms with Crippen LogP contribution in [0.3, 0.4) is 0 Å². The number of hydrogen-bond donors (Lipinski definition) is 3. The summed E-state index contributed by atoms with van der Waals surface area (Å²) in [4.78, 5) is 12.4. The van der Waals surface area contributed by atoms with Gasteiger partial charge >= 0.3 is 0 Å². The van der Waals surface area contributed by atoms with Gasteiger partial charge < -0.3 is 15.4 Å². The van der Waals surface area contributed by atoms with E-state index in [4.69, 9.17) is 4.74 Å². The zero-order valence-corrected chi connectivity index (χ0v) is 15.2. The Bertz CT molecular complexity index is 879. The highest BCUT2D eigenvalue weighted by atomic mass is 32.2. The Kier molecular flexibility index (Phi) is 5.55. The third-order valence-electron chi connectivity index (χ3n) is 3.99. The molecular weight excluding hydrogens is 354 g/mol. The first-order chi connectivity index (χ1) is 12.5. The summed E-state index contributed by atoms with van der Waals surface area (Å²) >= 11 is 0. The van der Waals surface area contributed by atoms with E-state index in [0.717, 1.165) is 0 Å². The molecule has 0 bridgehead atoms. The first-order valence-electron chi connectivity index (χ1n) is 8.27. The topological polar surface area (TPSA) is 96.5 Å². The number of hydrogen-bond acceptors (Lipinski definition) is 5. The van der Waals surface area contributed by atoms with Gasteiger partial charge in [0.2, 0.25) is 0 Å². The summed E-state index contributed by atoms with van der Waals surface area (Å²) in [7, 11) is -3.77. The molecule has 1 aliphatic rings. The Morgan fingerprint density at radius 3 is 2.62 bits per heavy atom.